The zero-order valence-electron chi connectivity index (χ0n) is 15.4. The fraction of sp³-hybridized carbons (Fsp3) is 0.619. The van der Waals surface area contributed by atoms with E-state index >= 15 is 0 Å². The molecule has 1 saturated heterocycles. The van der Waals surface area contributed by atoms with Crippen molar-refractivity contribution in [2.45, 2.75) is 57.5 Å². The summed E-state index contributed by atoms with van der Waals surface area (Å²) in [6, 6.07) is 6.58. The highest BCUT2D eigenvalue weighted by atomic mass is 16.3. The first-order valence-corrected chi connectivity index (χ1v) is 9.83. The third-order valence-electron chi connectivity index (χ3n) is 7.22. The normalized spacial score (nSPS) is 37.0. The van der Waals surface area contributed by atoms with E-state index in [1.165, 1.54) is 38.2 Å². The maximum absolute atomic E-state index is 13.2. The van der Waals surface area contributed by atoms with Gasteiger partial charge in [-0.15, -0.1) is 0 Å². The van der Waals surface area contributed by atoms with Gasteiger partial charge in [-0.3, -0.25) is 9.59 Å². The first kappa shape index (κ1) is 16.2. The summed E-state index contributed by atoms with van der Waals surface area (Å²) in [4.78, 5) is 26.2. The van der Waals surface area contributed by atoms with Crippen LogP contribution in [0.5, 0.6) is 5.75 Å². The van der Waals surface area contributed by atoms with Gasteiger partial charge < -0.3 is 5.11 Å². The number of nitrogens with zero attached hydrogens (tertiary/aromatic N) is 2. The Labute approximate surface area is 153 Å². The minimum Gasteiger partial charge on any atom is -0.508 e. The first-order valence-electron chi connectivity index (χ1n) is 9.83. The predicted octanol–water partition coefficient (Wildman–Crippen LogP) is 3.19. The van der Waals surface area contributed by atoms with E-state index < -0.39 is 5.54 Å². The number of carbonyl (C=O) groups is 2. The molecule has 138 valence electrons. The number of aromatic hydroxyl groups is 1. The maximum atomic E-state index is 13.2. The van der Waals surface area contributed by atoms with Crippen LogP contribution < -0.4 is 0 Å². The van der Waals surface area contributed by atoms with Crippen molar-refractivity contribution < 1.29 is 14.7 Å². The van der Waals surface area contributed by atoms with Crippen molar-refractivity contribution in [1.82, 2.24) is 10.0 Å². The highest BCUT2D eigenvalue weighted by Crippen LogP contribution is 2.57. The van der Waals surface area contributed by atoms with E-state index in [4.69, 9.17) is 0 Å². The largest absolute Gasteiger partial charge is 0.508 e. The molecule has 1 heterocycles. The Morgan fingerprint density at radius 1 is 1.08 bits per heavy atom. The van der Waals surface area contributed by atoms with Gasteiger partial charge in [-0.2, -0.15) is 0 Å². The molecular formula is C21H26N2O3. The monoisotopic (exact) mass is 354 g/mol. The van der Waals surface area contributed by atoms with Gasteiger partial charge in [0.05, 0.1) is 6.04 Å². The molecule has 1 aromatic rings. The van der Waals surface area contributed by atoms with E-state index in [2.05, 4.69) is 0 Å². The Balaban J connectivity index is 1.48. The van der Waals surface area contributed by atoms with Crippen molar-refractivity contribution in [3.05, 3.63) is 29.8 Å². The van der Waals surface area contributed by atoms with E-state index in [1.54, 1.807) is 28.2 Å². The molecule has 5 aliphatic rings. The summed E-state index contributed by atoms with van der Waals surface area (Å²) in [6.45, 7) is 3.64. The van der Waals surface area contributed by atoms with Crippen molar-refractivity contribution in [2.24, 2.45) is 23.7 Å². The van der Waals surface area contributed by atoms with Crippen LogP contribution in [0.3, 0.4) is 0 Å². The number of hydrazine groups is 1. The Kier molecular flexibility index (Phi) is 3.26. The highest BCUT2D eigenvalue weighted by molar-refractivity contribution is 6.04. The van der Waals surface area contributed by atoms with Gasteiger partial charge in [-0.05, 0) is 87.8 Å². The van der Waals surface area contributed by atoms with Gasteiger partial charge in [0.1, 0.15) is 11.3 Å². The minimum atomic E-state index is -0.822. The smallest absolute Gasteiger partial charge is 0.273 e. The van der Waals surface area contributed by atoms with Crippen LogP contribution in [-0.4, -0.2) is 38.5 Å². The second-order valence-corrected chi connectivity index (χ2v) is 9.30. The summed E-state index contributed by atoms with van der Waals surface area (Å²) >= 11 is 0. The number of hydrogen-bond acceptors (Lipinski definition) is 3. The maximum Gasteiger partial charge on any atom is 0.273 e. The van der Waals surface area contributed by atoms with Gasteiger partial charge in [0.15, 0.2) is 0 Å². The number of amides is 2. The second-order valence-electron chi connectivity index (χ2n) is 9.30. The molecule has 1 aromatic carbocycles. The van der Waals surface area contributed by atoms with Crippen LogP contribution in [-0.2, 0) is 4.79 Å². The molecule has 0 unspecified atom stereocenters. The molecule has 5 fully saturated rings. The lowest BCUT2D eigenvalue weighted by atomic mass is 9.53. The van der Waals surface area contributed by atoms with Crippen molar-refractivity contribution in [1.29, 1.82) is 0 Å². The summed E-state index contributed by atoms with van der Waals surface area (Å²) in [5.41, 5.74) is -0.392. The number of benzene rings is 1. The highest BCUT2D eigenvalue weighted by Gasteiger charge is 2.62. The SMILES string of the molecule is CC1(C)C(=O)N(C2C3CC4CC(C3)CC2C4)N1C(=O)c1cccc(O)c1. The van der Waals surface area contributed by atoms with E-state index in [0.717, 1.165) is 11.8 Å². The van der Waals surface area contributed by atoms with Gasteiger partial charge in [0.25, 0.3) is 11.8 Å². The van der Waals surface area contributed by atoms with Gasteiger partial charge in [0, 0.05) is 5.56 Å². The Morgan fingerprint density at radius 3 is 2.27 bits per heavy atom. The van der Waals surface area contributed by atoms with Gasteiger partial charge >= 0.3 is 0 Å². The van der Waals surface area contributed by atoms with Crippen LogP contribution in [0.2, 0.25) is 0 Å². The Bertz CT molecular complexity index is 759. The van der Waals surface area contributed by atoms with E-state index in [-0.39, 0.29) is 23.6 Å². The molecule has 4 bridgehead atoms. The molecule has 4 aliphatic carbocycles. The molecule has 4 saturated carbocycles. The summed E-state index contributed by atoms with van der Waals surface area (Å²) in [7, 11) is 0. The standard InChI is InChI=1S/C21H26N2O3/c1-21(2)20(26)22(23(21)19(25)14-4-3-5-17(24)11-14)18-15-7-12-6-13(9-15)10-16(18)8-12/h3-5,11-13,15-16,18,24H,6-10H2,1-2H3. The molecule has 5 nitrogen and oxygen atoms in total. The van der Waals surface area contributed by atoms with Crippen LogP contribution in [0.1, 0.15) is 56.3 Å². The molecule has 6 rings (SSSR count). The van der Waals surface area contributed by atoms with Gasteiger partial charge in [0.2, 0.25) is 0 Å². The van der Waals surface area contributed by atoms with Crippen LogP contribution in [0, 0.1) is 23.7 Å². The van der Waals surface area contributed by atoms with Crippen molar-refractivity contribution in [2.75, 3.05) is 0 Å². The molecule has 26 heavy (non-hydrogen) atoms. The molecular weight excluding hydrogens is 328 g/mol. The zero-order chi connectivity index (χ0) is 18.2. The number of phenols is 1. The number of phenolic OH excluding ortho intramolecular Hbond substituents is 1. The van der Waals surface area contributed by atoms with Crippen LogP contribution in [0.15, 0.2) is 24.3 Å². The fourth-order valence-electron chi connectivity index (χ4n) is 6.36. The molecule has 0 radical (unpaired) electrons. The van der Waals surface area contributed by atoms with Gasteiger partial charge in [-0.1, -0.05) is 6.07 Å². The van der Waals surface area contributed by atoms with Crippen LogP contribution in [0.4, 0.5) is 0 Å². The van der Waals surface area contributed by atoms with Gasteiger partial charge in [-0.25, -0.2) is 10.0 Å². The van der Waals surface area contributed by atoms with Crippen molar-refractivity contribution >= 4 is 11.8 Å². The lowest BCUT2D eigenvalue weighted by molar-refractivity contribution is -0.230. The molecule has 1 N–H and O–H groups in total. The van der Waals surface area contributed by atoms with Crippen molar-refractivity contribution in [3.8, 4) is 5.75 Å². The quantitative estimate of drug-likeness (QED) is 0.887. The molecule has 0 atom stereocenters. The molecule has 0 spiro atoms. The Hall–Kier alpha value is -2.04. The zero-order valence-corrected chi connectivity index (χ0v) is 15.4. The fourth-order valence-corrected chi connectivity index (χ4v) is 6.36. The predicted molar refractivity (Wildman–Crippen MR) is 96.0 cm³/mol. The summed E-state index contributed by atoms with van der Waals surface area (Å²) < 4.78 is 0. The average molecular weight is 354 g/mol. The molecule has 1 aliphatic heterocycles. The average Bonchev–Trinajstić information content (AvgIpc) is 2.59. The Morgan fingerprint density at radius 2 is 1.69 bits per heavy atom. The second kappa shape index (κ2) is 5.24. The first-order chi connectivity index (χ1) is 12.4. The minimum absolute atomic E-state index is 0.0588. The molecule has 0 aromatic heterocycles. The number of rotatable bonds is 2. The third-order valence-corrected chi connectivity index (χ3v) is 7.22. The molecule has 5 heteroatoms. The van der Waals surface area contributed by atoms with E-state index in [0.29, 0.717) is 17.4 Å². The number of hydrogen-bond donors (Lipinski definition) is 1. The topological polar surface area (TPSA) is 60.9 Å². The van der Waals surface area contributed by atoms with Crippen LogP contribution in [0.25, 0.3) is 0 Å². The number of carbonyl (C=O) groups excluding carboxylic acids is 2. The van der Waals surface area contributed by atoms with Crippen LogP contribution >= 0.6 is 0 Å². The lowest BCUT2D eigenvalue weighted by Crippen LogP contribution is -2.80. The summed E-state index contributed by atoms with van der Waals surface area (Å²) in [6.07, 6.45) is 6.18. The summed E-state index contributed by atoms with van der Waals surface area (Å²) in [5.74, 6) is 2.66. The van der Waals surface area contributed by atoms with E-state index in [9.17, 15) is 14.7 Å². The van der Waals surface area contributed by atoms with E-state index in [1.807, 2.05) is 13.8 Å². The lowest BCUT2D eigenvalue weighted by Gasteiger charge is -2.65. The molecule has 2 amide bonds. The third kappa shape index (κ3) is 2.09. The van der Waals surface area contributed by atoms with Crippen molar-refractivity contribution in [3.63, 3.8) is 0 Å². The summed E-state index contributed by atoms with van der Waals surface area (Å²) in [5, 5.41) is 13.2.